The van der Waals surface area contributed by atoms with E-state index < -0.39 is 24.1 Å². The molecule has 0 bridgehead atoms. The van der Waals surface area contributed by atoms with Crippen LogP contribution in [0.4, 0.5) is 0 Å². The van der Waals surface area contributed by atoms with E-state index in [0.717, 1.165) is 51.4 Å². The smallest absolute Gasteiger partial charge is 0.320 e. The number of esters is 2. The number of hydrogen-bond donors (Lipinski definition) is 1. The quantitative estimate of drug-likeness (QED) is 0.147. The minimum atomic E-state index is -1.55. The van der Waals surface area contributed by atoms with Crippen LogP contribution in [0.3, 0.4) is 0 Å². The first-order valence-corrected chi connectivity index (χ1v) is 13.3. The van der Waals surface area contributed by atoms with E-state index in [1.165, 1.54) is 39.9 Å². The highest BCUT2D eigenvalue weighted by Gasteiger charge is 2.47. The van der Waals surface area contributed by atoms with Crippen LogP contribution in [0.15, 0.2) is 6.07 Å². The average Bonchev–Trinajstić information content (AvgIpc) is 2.83. The summed E-state index contributed by atoms with van der Waals surface area (Å²) in [6.07, 6.45) is 13.4. The number of rotatable bonds is 17. The van der Waals surface area contributed by atoms with E-state index in [0.29, 0.717) is 24.0 Å². The zero-order chi connectivity index (χ0) is 25.7. The number of ether oxygens (including phenoxy) is 4. The summed E-state index contributed by atoms with van der Waals surface area (Å²) in [6, 6.07) is 1.63. The van der Waals surface area contributed by atoms with Crippen molar-refractivity contribution >= 4 is 11.9 Å². The zero-order valence-electron chi connectivity index (χ0n) is 22.1. The second-order valence-electron chi connectivity index (χ2n) is 9.40. The molecule has 35 heavy (non-hydrogen) atoms. The van der Waals surface area contributed by atoms with Crippen LogP contribution in [0.2, 0.25) is 0 Å². The molecule has 0 aliphatic carbocycles. The van der Waals surface area contributed by atoms with Crippen molar-refractivity contribution in [3.05, 3.63) is 17.2 Å². The van der Waals surface area contributed by atoms with Crippen molar-refractivity contribution in [2.24, 2.45) is 0 Å². The summed E-state index contributed by atoms with van der Waals surface area (Å²) in [5.41, 5.74) is 1.21. The van der Waals surface area contributed by atoms with Gasteiger partial charge in [-0.1, -0.05) is 78.1 Å². The van der Waals surface area contributed by atoms with E-state index in [1.807, 2.05) is 0 Å². The molecule has 1 aromatic rings. The Balaban J connectivity index is 2.41. The minimum Gasteiger partial charge on any atom is -0.502 e. The Bertz CT molecular complexity index is 802. The van der Waals surface area contributed by atoms with Crippen LogP contribution < -0.4 is 9.47 Å². The molecule has 1 heterocycles. The molecular weight excluding hydrogens is 448 g/mol. The molecule has 7 heteroatoms. The second-order valence-corrected chi connectivity index (χ2v) is 9.40. The van der Waals surface area contributed by atoms with Gasteiger partial charge in [-0.2, -0.15) is 0 Å². The highest BCUT2D eigenvalue weighted by molar-refractivity contribution is 5.93. The maximum atomic E-state index is 12.4. The first-order valence-electron chi connectivity index (χ1n) is 13.3. The molecule has 1 fully saturated rings. The van der Waals surface area contributed by atoms with Crippen molar-refractivity contribution in [2.45, 2.75) is 116 Å². The highest BCUT2D eigenvalue weighted by atomic mass is 16.7. The summed E-state index contributed by atoms with van der Waals surface area (Å²) < 4.78 is 22.6. The fraction of sp³-hybridized carbons (Fsp3) is 0.714. The minimum absolute atomic E-state index is 0.108. The molecule has 0 atom stereocenters. The second kappa shape index (κ2) is 14.8. The summed E-state index contributed by atoms with van der Waals surface area (Å²) in [6.45, 7) is 4.36. The Morgan fingerprint density at radius 3 is 1.91 bits per heavy atom. The zero-order valence-corrected chi connectivity index (χ0v) is 22.1. The van der Waals surface area contributed by atoms with Gasteiger partial charge in [0.1, 0.15) is 6.42 Å². The first kappa shape index (κ1) is 28.8. The van der Waals surface area contributed by atoms with Gasteiger partial charge in [0, 0.05) is 17.5 Å². The number of unbranched alkanes of at least 4 members (excludes halogenated alkanes) is 10. The van der Waals surface area contributed by atoms with E-state index in [1.54, 1.807) is 6.07 Å². The van der Waals surface area contributed by atoms with Gasteiger partial charge in [0.05, 0.1) is 14.2 Å². The van der Waals surface area contributed by atoms with Gasteiger partial charge in [0.2, 0.25) is 5.75 Å². The van der Waals surface area contributed by atoms with Crippen molar-refractivity contribution in [1.29, 1.82) is 0 Å². The third-order valence-corrected chi connectivity index (χ3v) is 6.64. The fourth-order valence-corrected chi connectivity index (χ4v) is 4.77. The molecule has 1 saturated heterocycles. The van der Waals surface area contributed by atoms with Gasteiger partial charge in [-0.25, -0.2) is 0 Å². The number of hydrogen-bond acceptors (Lipinski definition) is 7. The van der Waals surface area contributed by atoms with Crippen LogP contribution in [0.25, 0.3) is 0 Å². The lowest BCUT2D eigenvalue weighted by molar-refractivity contribution is -0.252. The number of carbonyl (C=O) groups is 2. The van der Waals surface area contributed by atoms with Crippen LogP contribution in [-0.2, 0) is 31.3 Å². The Hall–Kier alpha value is -2.44. The van der Waals surface area contributed by atoms with Crippen molar-refractivity contribution in [2.75, 3.05) is 14.2 Å². The van der Waals surface area contributed by atoms with Gasteiger partial charge in [-0.15, -0.1) is 0 Å². The molecule has 0 aromatic heterocycles. The molecule has 0 amide bonds. The summed E-state index contributed by atoms with van der Waals surface area (Å²) in [5, 5.41) is 10.8. The lowest BCUT2D eigenvalue weighted by Crippen LogP contribution is -2.43. The van der Waals surface area contributed by atoms with Gasteiger partial charge >= 0.3 is 11.9 Å². The normalized spacial score (nSPS) is 15.0. The molecule has 0 unspecified atom stereocenters. The molecule has 2 rings (SSSR count). The lowest BCUT2D eigenvalue weighted by Gasteiger charge is -2.38. The largest absolute Gasteiger partial charge is 0.502 e. The van der Waals surface area contributed by atoms with Crippen LogP contribution in [0.1, 0.15) is 115 Å². The number of phenolic OH excluding ortho intramolecular Hbond substituents is 1. The standard InChI is InChI=1S/C28H44O7/c1-5-7-9-11-13-15-17-21-22(19-23(32-3)26(31)27(21)33-4)28(18-16-14-12-10-8-6-2)34-24(29)20-25(30)35-28/h19,31H,5-18,20H2,1-4H3. The third kappa shape index (κ3) is 8.04. The van der Waals surface area contributed by atoms with Crippen LogP contribution in [-0.4, -0.2) is 31.3 Å². The Kier molecular flexibility index (Phi) is 12.2. The predicted octanol–water partition coefficient (Wildman–Crippen LogP) is 6.71. The fourth-order valence-electron chi connectivity index (χ4n) is 4.77. The summed E-state index contributed by atoms with van der Waals surface area (Å²) in [5.74, 6) is -2.42. The molecule has 0 spiro atoms. The number of benzene rings is 1. The molecule has 198 valence electrons. The summed E-state index contributed by atoms with van der Waals surface area (Å²) >= 11 is 0. The van der Waals surface area contributed by atoms with E-state index in [-0.39, 0.29) is 17.2 Å². The number of methoxy groups -OCH3 is 2. The van der Waals surface area contributed by atoms with Gasteiger partial charge < -0.3 is 24.1 Å². The van der Waals surface area contributed by atoms with E-state index >= 15 is 0 Å². The first-order chi connectivity index (χ1) is 16.9. The SMILES string of the molecule is CCCCCCCCc1c(C2(CCCCCCCC)OC(=O)CC(=O)O2)cc(OC)c(O)c1OC. The van der Waals surface area contributed by atoms with Gasteiger partial charge in [0.15, 0.2) is 11.5 Å². The summed E-state index contributed by atoms with van der Waals surface area (Å²) in [4.78, 5) is 24.9. The Labute approximate surface area is 210 Å². The molecule has 1 aromatic carbocycles. The average molecular weight is 493 g/mol. The maximum Gasteiger partial charge on any atom is 0.320 e. The number of aromatic hydroxyl groups is 1. The van der Waals surface area contributed by atoms with Crippen molar-refractivity contribution in [3.63, 3.8) is 0 Å². The van der Waals surface area contributed by atoms with Gasteiger partial charge in [-0.3, -0.25) is 9.59 Å². The lowest BCUT2D eigenvalue weighted by atomic mass is 9.89. The monoisotopic (exact) mass is 492 g/mol. The molecule has 1 N–H and O–H groups in total. The third-order valence-electron chi connectivity index (χ3n) is 6.64. The maximum absolute atomic E-state index is 12.4. The molecule has 7 nitrogen and oxygen atoms in total. The van der Waals surface area contributed by atoms with Gasteiger partial charge in [0.25, 0.3) is 5.79 Å². The van der Waals surface area contributed by atoms with E-state index in [9.17, 15) is 14.7 Å². The van der Waals surface area contributed by atoms with E-state index in [4.69, 9.17) is 18.9 Å². The number of carbonyl (C=O) groups excluding carboxylic acids is 2. The molecule has 0 radical (unpaired) electrons. The highest BCUT2D eigenvalue weighted by Crippen LogP contribution is 2.48. The Morgan fingerprint density at radius 1 is 0.829 bits per heavy atom. The van der Waals surface area contributed by atoms with Crippen molar-refractivity contribution < 1.29 is 33.6 Å². The van der Waals surface area contributed by atoms with Crippen LogP contribution in [0, 0.1) is 0 Å². The number of phenols is 1. The van der Waals surface area contributed by atoms with Crippen LogP contribution in [0.5, 0.6) is 17.2 Å². The topological polar surface area (TPSA) is 91.3 Å². The molecular formula is C28H44O7. The molecule has 1 aliphatic heterocycles. The Morgan fingerprint density at radius 2 is 1.37 bits per heavy atom. The molecule has 1 aliphatic rings. The molecule has 0 saturated carbocycles. The summed E-state index contributed by atoms with van der Waals surface area (Å²) in [7, 11) is 2.94. The van der Waals surface area contributed by atoms with Crippen molar-refractivity contribution in [1.82, 2.24) is 0 Å². The van der Waals surface area contributed by atoms with Crippen LogP contribution >= 0.6 is 0 Å². The van der Waals surface area contributed by atoms with Gasteiger partial charge in [-0.05, 0) is 25.3 Å². The van der Waals surface area contributed by atoms with Crippen molar-refractivity contribution in [3.8, 4) is 17.2 Å². The van der Waals surface area contributed by atoms with E-state index in [2.05, 4.69) is 13.8 Å². The number of cyclic esters (lactones) is 2. The predicted molar refractivity (Wildman–Crippen MR) is 135 cm³/mol.